The van der Waals surface area contributed by atoms with Crippen LogP contribution in [-0.2, 0) is 9.47 Å². The average Bonchev–Trinajstić information content (AvgIpc) is 2.03. The van der Waals surface area contributed by atoms with Crippen molar-refractivity contribution in [1.82, 2.24) is 0 Å². The van der Waals surface area contributed by atoms with Gasteiger partial charge in [-0.2, -0.15) is 0 Å². The monoisotopic (exact) mass is 206 g/mol. The third-order valence-corrected chi connectivity index (χ3v) is 1.22. The first-order valence-electron chi connectivity index (χ1n) is 3.95. The van der Waals surface area contributed by atoms with Gasteiger partial charge in [0.2, 0.25) is 0 Å². The number of carbonyl (C=O) groups excluding carboxylic acids is 1. The second kappa shape index (κ2) is 7.06. The van der Waals surface area contributed by atoms with Gasteiger partial charge in [-0.05, 0) is 26.0 Å². The lowest BCUT2D eigenvalue weighted by atomic mass is 10.5. The minimum atomic E-state index is -1.01. The second-order valence-electron chi connectivity index (χ2n) is 2.39. The molecule has 0 aromatic heterocycles. The zero-order valence-corrected chi connectivity index (χ0v) is 8.05. The predicted octanol–water partition coefficient (Wildman–Crippen LogP) is 2.89. The molecule has 0 rings (SSSR count). The van der Waals surface area contributed by atoms with Crippen molar-refractivity contribution >= 4 is 6.16 Å². The van der Waals surface area contributed by atoms with E-state index in [1.807, 2.05) is 0 Å². The van der Waals surface area contributed by atoms with Crippen molar-refractivity contribution in [3.8, 4) is 0 Å². The zero-order chi connectivity index (χ0) is 11.0. The van der Waals surface area contributed by atoms with Gasteiger partial charge in [0.15, 0.2) is 0 Å². The summed E-state index contributed by atoms with van der Waals surface area (Å²) in [6.45, 7) is 1.38. The highest BCUT2D eigenvalue weighted by Crippen LogP contribution is 2.03. The largest absolute Gasteiger partial charge is 0.518 e. The maximum absolute atomic E-state index is 11.7. The fourth-order valence-electron chi connectivity index (χ4n) is 0.584. The fourth-order valence-corrected chi connectivity index (χ4v) is 0.584. The Bertz CT molecular complexity index is 222. The van der Waals surface area contributed by atoms with E-state index >= 15 is 0 Å². The third kappa shape index (κ3) is 6.16. The highest BCUT2D eigenvalue weighted by molar-refractivity contribution is 5.62. The molecule has 0 aliphatic carbocycles. The highest BCUT2D eigenvalue weighted by Gasteiger charge is 2.05. The van der Waals surface area contributed by atoms with E-state index in [0.29, 0.717) is 0 Å². The maximum Gasteiger partial charge on any atom is 0.518 e. The molecule has 0 amide bonds. The van der Waals surface area contributed by atoms with E-state index in [9.17, 15) is 13.6 Å². The van der Waals surface area contributed by atoms with Crippen molar-refractivity contribution in [1.29, 1.82) is 0 Å². The number of alkyl halides is 2. The molecule has 0 spiro atoms. The van der Waals surface area contributed by atoms with Crippen LogP contribution in [0.5, 0.6) is 0 Å². The maximum atomic E-state index is 11.7. The van der Waals surface area contributed by atoms with Crippen LogP contribution in [0.1, 0.15) is 13.8 Å². The van der Waals surface area contributed by atoms with E-state index in [0.717, 1.165) is 12.2 Å². The Morgan fingerprint density at radius 2 is 1.43 bits per heavy atom. The lowest BCUT2D eigenvalue weighted by molar-refractivity contribution is 0.102. The molecule has 0 radical (unpaired) electrons. The van der Waals surface area contributed by atoms with Crippen molar-refractivity contribution in [2.24, 2.45) is 0 Å². The van der Waals surface area contributed by atoms with Crippen LogP contribution in [0, 0.1) is 0 Å². The molecule has 14 heavy (non-hydrogen) atoms. The number of allylic oxidation sites excluding steroid dienone is 4. The van der Waals surface area contributed by atoms with Crippen LogP contribution in [0.2, 0.25) is 0 Å². The predicted molar refractivity (Wildman–Crippen MR) is 47.0 cm³/mol. The molecule has 0 aromatic carbocycles. The van der Waals surface area contributed by atoms with Gasteiger partial charge in [-0.25, -0.2) is 13.6 Å². The first-order chi connectivity index (χ1) is 6.60. The number of ether oxygens (including phenoxy) is 2. The van der Waals surface area contributed by atoms with E-state index in [1.165, 1.54) is 13.8 Å². The molecule has 80 valence electrons. The van der Waals surface area contributed by atoms with Gasteiger partial charge in [0.1, 0.15) is 24.9 Å². The summed E-state index contributed by atoms with van der Waals surface area (Å²) < 4.78 is 32.4. The van der Waals surface area contributed by atoms with Gasteiger partial charge in [-0.3, -0.25) is 0 Å². The van der Waals surface area contributed by atoms with Gasteiger partial charge in [0.05, 0.1) is 0 Å². The van der Waals surface area contributed by atoms with Crippen LogP contribution in [0.3, 0.4) is 0 Å². The first-order valence-corrected chi connectivity index (χ1v) is 3.95. The number of rotatable bonds is 4. The highest BCUT2D eigenvalue weighted by atomic mass is 19.1. The number of hydrogen-bond acceptors (Lipinski definition) is 3. The molecule has 0 fully saturated rings. The molecule has 0 N–H and O–H groups in total. The summed E-state index contributed by atoms with van der Waals surface area (Å²) in [5, 5.41) is 0. The van der Waals surface area contributed by atoms with E-state index < -0.39 is 19.5 Å². The molecule has 0 bridgehead atoms. The SMILES string of the molecule is CC(=CCF)OC(=O)OC(C)=CCF. The van der Waals surface area contributed by atoms with Gasteiger partial charge in [0, 0.05) is 0 Å². The van der Waals surface area contributed by atoms with Crippen LogP contribution in [0.15, 0.2) is 23.7 Å². The Labute approximate surface area is 81.0 Å². The molecule has 5 heteroatoms. The standard InChI is InChI=1S/C9H12F2O3/c1-7(3-5-10)13-9(12)14-8(2)4-6-11/h3-4H,5-6H2,1-2H3. The third-order valence-electron chi connectivity index (χ3n) is 1.22. The fraction of sp³-hybridized carbons (Fsp3) is 0.444. The van der Waals surface area contributed by atoms with Crippen molar-refractivity contribution in [3.05, 3.63) is 23.7 Å². The molecule has 0 aliphatic rings. The summed E-state index contributed by atoms with van der Waals surface area (Å²) in [6, 6.07) is 0. The van der Waals surface area contributed by atoms with Gasteiger partial charge in [-0.1, -0.05) is 0 Å². The van der Waals surface area contributed by atoms with Gasteiger partial charge in [-0.15, -0.1) is 0 Å². The number of hydrogen-bond donors (Lipinski definition) is 0. The van der Waals surface area contributed by atoms with Crippen molar-refractivity contribution in [2.75, 3.05) is 13.3 Å². The molecule has 0 unspecified atom stereocenters. The first kappa shape index (κ1) is 12.6. The molecule has 0 atom stereocenters. The molecule has 0 aliphatic heterocycles. The lowest BCUT2D eigenvalue weighted by Gasteiger charge is -2.04. The molecule has 0 aromatic rings. The minimum absolute atomic E-state index is 0.102. The van der Waals surface area contributed by atoms with E-state index in [1.54, 1.807) is 0 Å². The molecular weight excluding hydrogens is 194 g/mol. The molecule has 3 nitrogen and oxygen atoms in total. The summed E-state index contributed by atoms with van der Waals surface area (Å²) in [4.78, 5) is 10.8. The van der Waals surface area contributed by atoms with Crippen LogP contribution >= 0.6 is 0 Å². The average molecular weight is 206 g/mol. The topological polar surface area (TPSA) is 35.5 Å². The Kier molecular flexibility index (Phi) is 6.36. The Morgan fingerprint density at radius 1 is 1.07 bits per heavy atom. The number of carbonyl (C=O) groups is 1. The summed E-state index contributed by atoms with van der Waals surface area (Å²) in [5.41, 5.74) is 0. The molecule has 0 saturated carbocycles. The van der Waals surface area contributed by atoms with Gasteiger partial charge in [0.25, 0.3) is 0 Å². The second-order valence-corrected chi connectivity index (χ2v) is 2.39. The van der Waals surface area contributed by atoms with Gasteiger partial charge >= 0.3 is 6.16 Å². The van der Waals surface area contributed by atoms with Crippen molar-refractivity contribution in [2.45, 2.75) is 13.8 Å². The molecule has 0 saturated heterocycles. The summed E-state index contributed by atoms with van der Waals surface area (Å²) in [5.74, 6) is 0.205. The van der Waals surface area contributed by atoms with E-state index in [4.69, 9.17) is 0 Å². The Hall–Kier alpha value is -1.39. The van der Waals surface area contributed by atoms with Crippen LogP contribution in [0.4, 0.5) is 13.6 Å². The van der Waals surface area contributed by atoms with Crippen LogP contribution in [0.25, 0.3) is 0 Å². The summed E-state index contributed by atoms with van der Waals surface area (Å²) >= 11 is 0. The van der Waals surface area contributed by atoms with Gasteiger partial charge < -0.3 is 9.47 Å². The Morgan fingerprint density at radius 3 is 1.71 bits per heavy atom. The van der Waals surface area contributed by atoms with Crippen molar-refractivity contribution < 1.29 is 23.0 Å². The lowest BCUT2D eigenvalue weighted by Crippen LogP contribution is -2.05. The normalized spacial score (nSPS) is 12.6. The quantitative estimate of drug-likeness (QED) is 0.524. The summed E-state index contributed by atoms with van der Waals surface area (Å²) in [6.07, 6.45) is 1.15. The Balaban J connectivity index is 3.99. The van der Waals surface area contributed by atoms with Crippen LogP contribution < -0.4 is 0 Å². The molecule has 0 heterocycles. The van der Waals surface area contributed by atoms with Crippen molar-refractivity contribution in [3.63, 3.8) is 0 Å². The molecular formula is C9H12F2O3. The zero-order valence-electron chi connectivity index (χ0n) is 8.05. The van der Waals surface area contributed by atoms with E-state index in [2.05, 4.69) is 9.47 Å². The smallest absolute Gasteiger partial charge is 0.400 e. The summed E-state index contributed by atoms with van der Waals surface area (Å²) in [7, 11) is 0. The minimum Gasteiger partial charge on any atom is -0.400 e. The van der Waals surface area contributed by atoms with E-state index in [-0.39, 0.29) is 11.5 Å². The number of halogens is 2. The van der Waals surface area contributed by atoms with Crippen LogP contribution in [-0.4, -0.2) is 19.5 Å².